The maximum Gasteiger partial charge on any atom is 0.308 e. The van der Waals surface area contributed by atoms with Crippen molar-refractivity contribution in [2.24, 2.45) is 5.92 Å². The van der Waals surface area contributed by atoms with Crippen molar-refractivity contribution >= 4 is 17.6 Å². The first-order valence-electron chi connectivity index (χ1n) is 6.71. The highest BCUT2D eigenvalue weighted by molar-refractivity contribution is 6.30. The molecule has 0 radical (unpaired) electrons. The van der Waals surface area contributed by atoms with Crippen LogP contribution in [0.2, 0.25) is 5.02 Å². The molecule has 112 valence electrons. The first kappa shape index (κ1) is 16.8. The van der Waals surface area contributed by atoms with Crippen LogP contribution in [-0.4, -0.2) is 26.2 Å². The molecule has 1 aromatic carbocycles. The summed E-state index contributed by atoms with van der Waals surface area (Å²) < 4.78 is 10.2. The number of carbonyl (C=O) groups excluding carboxylic acids is 1. The normalized spacial score (nSPS) is 10.7. The molecule has 1 rings (SSSR count). The van der Waals surface area contributed by atoms with Crippen LogP contribution in [0, 0.1) is 5.92 Å². The second kappa shape index (κ2) is 8.82. The fraction of sp³-hybridized carbons (Fsp3) is 0.533. The quantitative estimate of drug-likeness (QED) is 0.750. The van der Waals surface area contributed by atoms with E-state index in [9.17, 15) is 4.79 Å². The van der Waals surface area contributed by atoms with E-state index >= 15 is 0 Å². The minimum atomic E-state index is -0.279. The third-order valence-electron chi connectivity index (χ3n) is 2.68. The number of hydrogen-bond acceptors (Lipinski definition) is 4. The SMILES string of the molecule is COC(=O)CCOc1ccc(Cl)cc1CNCC(C)C. The van der Waals surface area contributed by atoms with Crippen molar-refractivity contribution in [2.45, 2.75) is 26.8 Å². The van der Waals surface area contributed by atoms with Crippen molar-refractivity contribution in [3.05, 3.63) is 28.8 Å². The summed E-state index contributed by atoms with van der Waals surface area (Å²) in [6.07, 6.45) is 0.234. The average Bonchev–Trinajstić information content (AvgIpc) is 2.40. The van der Waals surface area contributed by atoms with Crippen LogP contribution in [0.1, 0.15) is 25.8 Å². The van der Waals surface area contributed by atoms with Crippen molar-refractivity contribution in [1.29, 1.82) is 0 Å². The molecule has 5 heteroatoms. The second-order valence-corrected chi connectivity index (χ2v) is 5.39. The molecule has 1 N–H and O–H groups in total. The summed E-state index contributed by atoms with van der Waals surface area (Å²) in [7, 11) is 1.37. The van der Waals surface area contributed by atoms with Crippen molar-refractivity contribution in [1.82, 2.24) is 5.32 Å². The maximum absolute atomic E-state index is 11.1. The van der Waals surface area contributed by atoms with Gasteiger partial charge in [-0.15, -0.1) is 0 Å². The van der Waals surface area contributed by atoms with E-state index in [-0.39, 0.29) is 12.4 Å². The number of methoxy groups -OCH3 is 1. The molecule has 0 saturated carbocycles. The Morgan fingerprint density at radius 3 is 2.80 bits per heavy atom. The molecule has 0 spiro atoms. The summed E-state index contributed by atoms with van der Waals surface area (Å²) in [5, 5.41) is 4.02. The van der Waals surface area contributed by atoms with Gasteiger partial charge in [-0.25, -0.2) is 0 Å². The molecule has 0 saturated heterocycles. The Morgan fingerprint density at radius 2 is 2.15 bits per heavy atom. The molecule has 0 bridgehead atoms. The summed E-state index contributed by atoms with van der Waals surface area (Å²) in [5.41, 5.74) is 0.989. The molecule has 0 unspecified atom stereocenters. The zero-order valence-electron chi connectivity index (χ0n) is 12.2. The molecule has 1 aromatic rings. The number of rotatable bonds is 8. The van der Waals surface area contributed by atoms with E-state index in [0.29, 0.717) is 24.1 Å². The summed E-state index contributed by atoms with van der Waals surface area (Å²) >= 11 is 6.01. The lowest BCUT2D eigenvalue weighted by atomic mass is 10.2. The van der Waals surface area contributed by atoms with Gasteiger partial charge < -0.3 is 14.8 Å². The molecule has 0 aliphatic rings. The molecule has 0 fully saturated rings. The smallest absolute Gasteiger partial charge is 0.308 e. The molecule has 0 heterocycles. The van der Waals surface area contributed by atoms with Gasteiger partial charge in [0, 0.05) is 17.1 Å². The van der Waals surface area contributed by atoms with Crippen LogP contribution in [-0.2, 0) is 16.1 Å². The van der Waals surface area contributed by atoms with E-state index < -0.39 is 0 Å². The van der Waals surface area contributed by atoms with Crippen LogP contribution in [0.4, 0.5) is 0 Å². The van der Waals surface area contributed by atoms with Gasteiger partial charge in [0.25, 0.3) is 0 Å². The van der Waals surface area contributed by atoms with E-state index in [2.05, 4.69) is 23.9 Å². The molecular weight excluding hydrogens is 278 g/mol. The molecule has 0 aromatic heterocycles. The number of hydrogen-bond donors (Lipinski definition) is 1. The lowest BCUT2D eigenvalue weighted by Crippen LogP contribution is -2.19. The highest BCUT2D eigenvalue weighted by atomic mass is 35.5. The first-order valence-corrected chi connectivity index (χ1v) is 7.09. The molecule has 0 aliphatic heterocycles. The highest BCUT2D eigenvalue weighted by Gasteiger charge is 2.07. The van der Waals surface area contributed by atoms with Crippen molar-refractivity contribution in [2.75, 3.05) is 20.3 Å². The number of nitrogens with one attached hydrogen (secondary N) is 1. The Labute approximate surface area is 125 Å². The minimum absolute atomic E-state index is 0.234. The van der Waals surface area contributed by atoms with Crippen LogP contribution < -0.4 is 10.1 Å². The molecular formula is C15H22ClNO3. The number of halogens is 1. The molecule has 0 atom stereocenters. The van der Waals surface area contributed by atoms with Gasteiger partial charge in [-0.05, 0) is 30.7 Å². The molecule has 0 aliphatic carbocycles. The number of benzene rings is 1. The summed E-state index contributed by atoms with van der Waals surface area (Å²) in [5.74, 6) is 1.05. The number of esters is 1. The van der Waals surface area contributed by atoms with Gasteiger partial charge >= 0.3 is 5.97 Å². The number of ether oxygens (including phenoxy) is 2. The fourth-order valence-electron chi connectivity index (χ4n) is 1.67. The predicted molar refractivity (Wildman–Crippen MR) is 80.1 cm³/mol. The van der Waals surface area contributed by atoms with Crippen LogP contribution in [0.3, 0.4) is 0 Å². The topological polar surface area (TPSA) is 47.6 Å². The van der Waals surface area contributed by atoms with Crippen LogP contribution >= 0.6 is 11.6 Å². The third kappa shape index (κ3) is 6.26. The summed E-state index contributed by atoms with van der Waals surface area (Å²) in [6.45, 7) is 6.21. The largest absolute Gasteiger partial charge is 0.493 e. The van der Waals surface area contributed by atoms with Gasteiger partial charge in [0.1, 0.15) is 5.75 Å². The standard InChI is InChI=1S/C15H22ClNO3/c1-11(2)9-17-10-12-8-13(16)4-5-14(12)20-7-6-15(18)19-3/h4-5,8,11,17H,6-7,9-10H2,1-3H3. The third-order valence-corrected chi connectivity index (χ3v) is 2.92. The van der Waals surface area contributed by atoms with E-state index in [1.807, 2.05) is 12.1 Å². The monoisotopic (exact) mass is 299 g/mol. The zero-order valence-corrected chi connectivity index (χ0v) is 13.0. The van der Waals surface area contributed by atoms with Crippen molar-refractivity contribution < 1.29 is 14.3 Å². The van der Waals surface area contributed by atoms with Gasteiger partial charge in [0.15, 0.2) is 0 Å². The Hall–Kier alpha value is -1.26. The Balaban J connectivity index is 2.57. The average molecular weight is 300 g/mol. The van der Waals surface area contributed by atoms with Crippen molar-refractivity contribution in [3.63, 3.8) is 0 Å². The zero-order chi connectivity index (χ0) is 15.0. The van der Waals surface area contributed by atoms with E-state index in [1.54, 1.807) is 6.07 Å². The Bertz CT molecular complexity index is 435. The molecule has 20 heavy (non-hydrogen) atoms. The molecule has 4 nitrogen and oxygen atoms in total. The summed E-state index contributed by atoms with van der Waals surface area (Å²) in [6, 6.07) is 5.48. The minimum Gasteiger partial charge on any atom is -0.493 e. The van der Waals surface area contributed by atoms with E-state index in [1.165, 1.54) is 7.11 Å². The predicted octanol–water partition coefficient (Wildman–Crippen LogP) is 3.03. The van der Waals surface area contributed by atoms with Crippen LogP contribution in [0.5, 0.6) is 5.75 Å². The molecule has 0 amide bonds. The lowest BCUT2D eigenvalue weighted by Gasteiger charge is -2.13. The van der Waals surface area contributed by atoms with Gasteiger partial charge in [-0.3, -0.25) is 4.79 Å². The van der Waals surface area contributed by atoms with Crippen LogP contribution in [0.25, 0.3) is 0 Å². The fourth-order valence-corrected chi connectivity index (χ4v) is 1.86. The Morgan fingerprint density at radius 1 is 1.40 bits per heavy atom. The van der Waals surface area contributed by atoms with Gasteiger partial charge in [0.05, 0.1) is 20.1 Å². The van der Waals surface area contributed by atoms with Gasteiger partial charge in [0.2, 0.25) is 0 Å². The number of carbonyl (C=O) groups is 1. The van der Waals surface area contributed by atoms with Crippen molar-refractivity contribution in [3.8, 4) is 5.75 Å². The lowest BCUT2D eigenvalue weighted by molar-refractivity contribution is -0.141. The van der Waals surface area contributed by atoms with Crippen LogP contribution in [0.15, 0.2) is 18.2 Å². The Kier molecular flexibility index (Phi) is 7.41. The van der Waals surface area contributed by atoms with E-state index in [4.69, 9.17) is 16.3 Å². The van der Waals surface area contributed by atoms with Gasteiger partial charge in [-0.1, -0.05) is 25.4 Å². The maximum atomic E-state index is 11.1. The van der Waals surface area contributed by atoms with Gasteiger partial charge in [-0.2, -0.15) is 0 Å². The first-order chi connectivity index (χ1) is 9.52. The summed E-state index contributed by atoms with van der Waals surface area (Å²) in [4.78, 5) is 11.1. The second-order valence-electron chi connectivity index (χ2n) is 4.95. The van der Waals surface area contributed by atoms with E-state index in [0.717, 1.165) is 17.9 Å². The highest BCUT2D eigenvalue weighted by Crippen LogP contribution is 2.23.